The van der Waals surface area contributed by atoms with E-state index < -0.39 is 6.04 Å². The van der Waals surface area contributed by atoms with E-state index in [2.05, 4.69) is 44.5 Å². The van der Waals surface area contributed by atoms with Gasteiger partial charge in [-0.25, -0.2) is 15.0 Å². The van der Waals surface area contributed by atoms with Crippen LogP contribution in [0.15, 0.2) is 36.9 Å². The lowest BCUT2D eigenvalue weighted by atomic mass is 9.84. The lowest BCUT2D eigenvalue weighted by Crippen LogP contribution is -2.32. The van der Waals surface area contributed by atoms with Gasteiger partial charge in [0, 0.05) is 6.54 Å². The Morgan fingerprint density at radius 1 is 1.17 bits per heavy atom. The molecule has 0 spiro atoms. The zero-order valence-electron chi connectivity index (χ0n) is 16.8. The minimum absolute atomic E-state index is 0.0692. The minimum Gasteiger partial charge on any atom is -0.382 e. The molecule has 1 aromatic carbocycles. The van der Waals surface area contributed by atoms with E-state index in [4.69, 9.17) is 5.73 Å². The molecule has 3 aromatic rings. The van der Waals surface area contributed by atoms with Gasteiger partial charge in [-0.15, -0.1) is 0 Å². The van der Waals surface area contributed by atoms with Crippen molar-refractivity contribution in [2.24, 2.45) is 0 Å². The summed E-state index contributed by atoms with van der Waals surface area (Å²) in [6, 6.07) is 8.49. The molecule has 0 radical (unpaired) electrons. The number of carbonyl (C=O) groups is 1. The van der Waals surface area contributed by atoms with Crippen LogP contribution in [-0.2, 0) is 11.2 Å². The Hall–Kier alpha value is -2.96. The van der Waals surface area contributed by atoms with Crippen LogP contribution in [0.1, 0.15) is 62.1 Å². The number of nitrogens with zero attached hydrogens (tertiary/aromatic N) is 4. The van der Waals surface area contributed by atoms with E-state index in [0.717, 1.165) is 12.3 Å². The van der Waals surface area contributed by atoms with Gasteiger partial charge in [-0.2, -0.15) is 0 Å². The topological polar surface area (TPSA) is 98.7 Å². The first-order valence-electron chi connectivity index (χ1n) is 10.4. The predicted molar refractivity (Wildman–Crippen MR) is 113 cm³/mol. The number of carbonyl (C=O) groups excluding carboxylic acids is 1. The summed E-state index contributed by atoms with van der Waals surface area (Å²) < 4.78 is 1.72. The first kappa shape index (κ1) is 19.4. The van der Waals surface area contributed by atoms with Gasteiger partial charge in [-0.1, -0.05) is 43.5 Å². The van der Waals surface area contributed by atoms with Gasteiger partial charge in [0.15, 0.2) is 11.5 Å². The molecule has 1 saturated carbocycles. The van der Waals surface area contributed by atoms with E-state index >= 15 is 0 Å². The van der Waals surface area contributed by atoms with E-state index in [0.29, 0.717) is 23.5 Å². The molecule has 2 aromatic heterocycles. The number of nitrogens with one attached hydrogen (secondary N) is 1. The summed E-state index contributed by atoms with van der Waals surface area (Å²) in [4.78, 5) is 25.0. The molecule has 3 N–H and O–H groups in total. The van der Waals surface area contributed by atoms with Crippen LogP contribution in [0.4, 0.5) is 5.82 Å². The standard InChI is InChI=1S/C22H28N6O/c1-15(28-14-27-19-20(23)25-13-26-21(19)28)22(29)24-12-11-16-7-9-18(10-8-16)17-5-3-2-4-6-17/h7-10,13-15,17H,2-6,11-12H2,1H3,(H,24,29)(H2,23,25,26). The number of anilines is 1. The molecule has 1 aliphatic carbocycles. The third-order valence-electron chi connectivity index (χ3n) is 5.95. The fraction of sp³-hybridized carbons (Fsp3) is 0.455. The number of rotatable bonds is 6. The van der Waals surface area contributed by atoms with Gasteiger partial charge in [0.1, 0.15) is 17.9 Å². The second kappa shape index (κ2) is 8.59. The molecule has 0 saturated heterocycles. The third-order valence-corrected chi connectivity index (χ3v) is 5.95. The van der Waals surface area contributed by atoms with Crippen molar-refractivity contribution in [2.75, 3.05) is 12.3 Å². The number of aromatic nitrogens is 4. The van der Waals surface area contributed by atoms with Crippen LogP contribution < -0.4 is 11.1 Å². The Kier molecular flexibility index (Phi) is 5.74. The largest absolute Gasteiger partial charge is 0.382 e. The molecule has 4 rings (SSSR count). The van der Waals surface area contributed by atoms with Gasteiger partial charge < -0.3 is 15.6 Å². The van der Waals surface area contributed by atoms with E-state index in [1.54, 1.807) is 10.9 Å². The van der Waals surface area contributed by atoms with Crippen molar-refractivity contribution in [2.45, 2.75) is 57.4 Å². The monoisotopic (exact) mass is 392 g/mol. The number of nitrogens with two attached hydrogens (primary N) is 1. The van der Waals surface area contributed by atoms with Crippen LogP contribution in [0.5, 0.6) is 0 Å². The highest BCUT2D eigenvalue weighted by molar-refractivity contribution is 5.85. The van der Waals surface area contributed by atoms with Gasteiger partial charge in [0.2, 0.25) is 5.91 Å². The smallest absolute Gasteiger partial charge is 0.242 e. The second-order valence-electron chi connectivity index (χ2n) is 7.88. The van der Waals surface area contributed by atoms with Crippen LogP contribution in [0.2, 0.25) is 0 Å². The molecule has 1 aliphatic rings. The van der Waals surface area contributed by atoms with E-state index in [1.807, 2.05) is 6.92 Å². The molecule has 29 heavy (non-hydrogen) atoms. The molecule has 7 nitrogen and oxygen atoms in total. The molecule has 0 aliphatic heterocycles. The number of fused-ring (bicyclic) bond motifs is 1. The fourth-order valence-electron chi connectivity index (χ4n) is 4.15. The molecular formula is C22H28N6O. The number of nitrogen functional groups attached to an aromatic ring is 1. The molecule has 1 unspecified atom stereocenters. The maximum Gasteiger partial charge on any atom is 0.242 e. The zero-order chi connectivity index (χ0) is 20.2. The van der Waals surface area contributed by atoms with Crippen molar-refractivity contribution in [3.63, 3.8) is 0 Å². The minimum atomic E-state index is -0.428. The lowest BCUT2D eigenvalue weighted by Gasteiger charge is -2.22. The van der Waals surface area contributed by atoms with Crippen molar-refractivity contribution < 1.29 is 4.79 Å². The molecule has 2 heterocycles. The summed E-state index contributed by atoms with van der Waals surface area (Å²) in [7, 11) is 0. The van der Waals surface area contributed by atoms with Gasteiger partial charge in [0.05, 0.1) is 6.33 Å². The van der Waals surface area contributed by atoms with E-state index in [9.17, 15) is 4.79 Å². The van der Waals surface area contributed by atoms with Gasteiger partial charge in [-0.05, 0) is 43.2 Å². The third kappa shape index (κ3) is 4.23. The quantitative estimate of drug-likeness (QED) is 0.670. The normalized spacial score (nSPS) is 16.0. The Balaban J connectivity index is 1.31. The average molecular weight is 393 g/mol. The predicted octanol–water partition coefficient (Wildman–Crippen LogP) is 3.38. The summed E-state index contributed by atoms with van der Waals surface area (Å²) in [5, 5.41) is 3.01. The Morgan fingerprint density at radius 2 is 1.93 bits per heavy atom. The Morgan fingerprint density at radius 3 is 2.69 bits per heavy atom. The van der Waals surface area contributed by atoms with Gasteiger partial charge >= 0.3 is 0 Å². The van der Waals surface area contributed by atoms with Crippen LogP contribution >= 0.6 is 0 Å². The van der Waals surface area contributed by atoms with Gasteiger partial charge in [-0.3, -0.25) is 4.79 Å². The van der Waals surface area contributed by atoms with Crippen LogP contribution in [0.3, 0.4) is 0 Å². The van der Waals surface area contributed by atoms with Crippen LogP contribution in [0, 0.1) is 0 Å². The first-order valence-corrected chi connectivity index (χ1v) is 10.4. The average Bonchev–Trinajstić information content (AvgIpc) is 3.20. The number of imidazole rings is 1. The summed E-state index contributed by atoms with van der Waals surface area (Å²) in [5.41, 5.74) is 9.61. The van der Waals surface area contributed by atoms with Crippen molar-refractivity contribution in [1.29, 1.82) is 0 Å². The van der Waals surface area contributed by atoms with Crippen LogP contribution in [-0.4, -0.2) is 32.0 Å². The van der Waals surface area contributed by atoms with Crippen molar-refractivity contribution in [3.8, 4) is 0 Å². The van der Waals surface area contributed by atoms with Crippen LogP contribution in [0.25, 0.3) is 11.2 Å². The molecule has 1 atom stereocenters. The molecule has 152 valence electrons. The highest BCUT2D eigenvalue weighted by Gasteiger charge is 2.19. The summed E-state index contributed by atoms with van der Waals surface area (Å²) >= 11 is 0. The molecule has 7 heteroatoms. The summed E-state index contributed by atoms with van der Waals surface area (Å²) in [5.74, 6) is 0.972. The van der Waals surface area contributed by atoms with Crippen molar-refractivity contribution in [3.05, 3.63) is 48.0 Å². The first-order chi connectivity index (χ1) is 14.1. The SMILES string of the molecule is CC(C(=O)NCCc1ccc(C2CCCCC2)cc1)n1cnc2c(N)ncnc21. The highest BCUT2D eigenvalue weighted by Crippen LogP contribution is 2.32. The lowest BCUT2D eigenvalue weighted by molar-refractivity contribution is -0.123. The maximum absolute atomic E-state index is 12.6. The van der Waals surface area contributed by atoms with E-state index in [-0.39, 0.29) is 5.91 Å². The van der Waals surface area contributed by atoms with Gasteiger partial charge in [0.25, 0.3) is 0 Å². The number of hydrogen-bond donors (Lipinski definition) is 2. The van der Waals surface area contributed by atoms with Crippen molar-refractivity contribution in [1.82, 2.24) is 24.8 Å². The second-order valence-corrected chi connectivity index (χ2v) is 7.88. The summed E-state index contributed by atoms with van der Waals surface area (Å²) in [6.45, 7) is 2.42. The van der Waals surface area contributed by atoms with Crippen molar-refractivity contribution >= 4 is 22.9 Å². The summed E-state index contributed by atoms with van der Waals surface area (Å²) in [6.07, 6.45) is 10.5. The molecule has 1 amide bonds. The number of hydrogen-bond acceptors (Lipinski definition) is 5. The Labute approximate surface area is 170 Å². The molecular weight excluding hydrogens is 364 g/mol. The highest BCUT2D eigenvalue weighted by atomic mass is 16.2. The number of amides is 1. The Bertz CT molecular complexity index is 975. The number of benzene rings is 1. The molecule has 0 bridgehead atoms. The fourth-order valence-corrected chi connectivity index (χ4v) is 4.15. The maximum atomic E-state index is 12.6. The molecule has 1 fully saturated rings. The zero-order valence-corrected chi connectivity index (χ0v) is 16.8. The van der Waals surface area contributed by atoms with E-state index in [1.165, 1.54) is 49.6 Å².